The summed E-state index contributed by atoms with van der Waals surface area (Å²) in [6.07, 6.45) is 0. The van der Waals surface area contributed by atoms with Crippen molar-refractivity contribution in [3.05, 3.63) is 58.1 Å². The summed E-state index contributed by atoms with van der Waals surface area (Å²) < 4.78 is 23.8. The number of nitrogens with two attached hydrogens (primary N) is 1. The second kappa shape index (κ2) is 5.97. The zero-order valence-electron chi connectivity index (χ0n) is 11.1. The molecule has 0 saturated heterocycles. The van der Waals surface area contributed by atoms with Crippen molar-refractivity contribution < 1.29 is 13.2 Å². The summed E-state index contributed by atoms with van der Waals surface area (Å²) in [5, 5.41) is 7.70. The largest absolute Gasteiger partial charge is 0.321 e. The van der Waals surface area contributed by atoms with Gasteiger partial charge < -0.3 is 5.32 Å². The molecule has 2 aromatic rings. The summed E-state index contributed by atoms with van der Waals surface area (Å²) in [7, 11) is -3.90. The third-order valence-electron chi connectivity index (χ3n) is 2.75. The van der Waals surface area contributed by atoms with Crippen LogP contribution in [0.15, 0.2) is 51.8 Å². The zero-order chi connectivity index (χ0) is 15.6. The highest BCUT2D eigenvalue weighted by Crippen LogP contribution is 2.21. The van der Waals surface area contributed by atoms with Gasteiger partial charge in [-0.05, 0) is 42.8 Å². The summed E-state index contributed by atoms with van der Waals surface area (Å²) in [6.45, 7) is 1.86. The van der Waals surface area contributed by atoms with E-state index < -0.39 is 15.9 Å². The minimum atomic E-state index is -3.90. The van der Waals surface area contributed by atoms with Crippen LogP contribution in [0.25, 0.3) is 0 Å². The summed E-state index contributed by atoms with van der Waals surface area (Å²) in [4.78, 5) is 12.1. The SMILES string of the molecule is Cc1cc(Br)cc(C(=O)Nc2ccccc2S(N)(=O)=O)c1. The fourth-order valence-corrected chi connectivity index (χ4v) is 3.18. The Bertz CT molecular complexity index is 783. The highest BCUT2D eigenvalue weighted by Gasteiger charge is 2.16. The molecule has 0 aliphatic rings. The van der Waals surface area contributed by atoms with Crippen LogP contribution >= 0.6 is 15.9 Å². The van der Waals surface area contributed by atoms with E-state index in [0.717, 1.165) is 10.0 Å². The lowest BCUT2D eigenvalue weighted by atomic mass is 10.1. The molecule has 0 unspecified atom stereocenters. The fraction of sp³-hybridized carbons (Fsp3) is 0.0714. The van der Waals surface area contributed by atoms with Crippen molar-refractivity contribution in [2.45, 2.75) is 11.8 Å². The number of benzene rings is 2. The van der Waals surface area contributed by atoms with Gasteiger partial charge in [0.2, 0.25) is 10.0 Å². The van der Waals surface area contributed by atoms with Crippen LogP contribution in [0.5, 0.6) is 0 Å². The van der Waals surface area contributed by atoms with E-state index in [1.807, 2.05) is 13.0 Å². The first-order valence-corrected chi connectivity index (χ1v) is 8.31. The minimum absolute atomic E-state index is 0.120. The van der Waals surface area contributed by atoms with E-state index in [-0.39, 0.29) is 10.6 Å². The van der Waals surface area contributed by atoms with Crippen molar-refractivity contribution in [2.75, 3.05) is 5.32 Å². The van der Waals surface area contributed by atoms with E-state index in [1.165, 1.54) is 12.1 Å². The number of anilines is 1. The van der Waals surface area contributed by atoms with Crippen molar-refractivity contribution in [1.29, 1.82) is 0 Å². The Balaban J connectivity index is 2.37. The molecule has 2 aromatic carbocycles. The van der Waals surface area contributed by atoms with Gasteiger partial charge in [0, 0.05) is 10.0 Å². The van der Waals surface area contributed by atoms with E-state index >= 15 is 0 Å². The Morgan fingerprint density at radius 1 is 1.19 bits per heavy atom. The molecule has 110 valence electrons. The molecule has 0 bridgehead atoms. The lowest BCUT2D eigenvalue weighted by Crippen LogP contribution is -2.18. The zero-order valence-corrected chi connectivity index (χ0v) is 13.5. The number of carbonyl (C=O) groups is 1. The molecule has 21 heavy (non-hydrogen) atoms. The minimum Gasteiger partial charge on any atom is -0.321 e. The molecule has 0 aliphatic carbocycles. The van der Waals surface area contributed by atoms with Gasteiger partial charge in [-0.1, -0.05) is 28.1 Å². The van der Waals surface area contributed by atoms with Gasteiger partial charge >= 0.3 is 0 Å². The Kier molecular flexibility index (Phi) is 4.46. The first-order valence-electron chi connectivity index (χ1n) is 5.98. The molecule has 0 aromatic heterocycles. The molecule has 7 heteroatoms. The van der Waals surface area contributed by atoms with Gasteiger partial charge in [0.1, 0.15) is 4.90 Å². The maximum Gasteiger partial charge on any atom is 0.255 e. The highest BCUT2D eigenvalue weighted by molar-refractivity contribution is 9.10. The number of para-hydroxylation sites is 1. The lowest BCUT2D eigenvalue weighted by Gasteiger charge is -2.10. The molecule has 5 nitrogen and oxygen atoms in total. The topological polar surface area (TPSA) is 89.3 Å². The fourth-order valence-electron chi connectivity index (χ4n) is 1.88. The normalized spacial score (nSPS) is 11.2. The molecule has 0 atom stereocenters. The number of amides is 1. The summed E-state index contributed by atoms with van der Waals surface area (Å²) >= 11 is 3.32. The van der Waals surface area contributed by atoms with Gasteiger partial charge in [0.05, 0.1) is 5.69 Å². The molecular weight excluding hydrogens is 356 g/mol. The van der Waals surface area contributed by atoms with Crippen molar-refractivity contribution in [3.8, 4) is 0 Å². The first-order chi connectivity index (χ1) is 9.77. The number of hydrogen-bond acceptors (Lipinski definition) is 3. The summed E-state index contributed by atoms with van der Waals surface area (Å²) in [6, 6.07) is 11.2. The van der Waals surface area contributed by atoms with E-state index in [9.17, 15) is 13.2 Å². The average Bonchev–Trinajstić information content (AvgIpc) is 2.37. The van der Waals surface area contributed by atoms with E-state index in [4.69, 9.17) is 5.14 Å². The van der Waals surface area contributed by atoms with E-state index in [1.54, 1.807) is 24.3 Å². The van der Waals surface area contributed by atoms with Gasteiger partial charge in [-0.15, -0.1) is 0 Å². The van der Waals surface area contributed by atoms with Crippen LogP contribution in [-0.4, -0.2) is 14.3 Å². The molecule has 2 rings (SSSR count). The van der Waals surface area contributed by atoms with Crippen LogP contribution in [0.2, 0.25) is 0 Å². The van der Waals surface area contributed by atoms with E-state index in [2.05, 4.69) is 21.2 Å². The number of hydrogen-bond donors (Lipinski definition) is 2. The van der Waals surface area contributed by atoms with Crippen molar-refractivity contribution in [1.82, 2.24) is 0 Å². The third kappa shape index (κ3) is 3.90. The summed E-state index contributed by atoms with van der Waals surface area (Å²) in [5.41, 5.74) is 1.49. The van der Waals surface area contributed by atoms with Crippen LogP contribution in [0.3, 0.4) is 0 Å². The monoisotopic (exact) mass is 368 g/mol. The van der Waals surface area contributed by atoms with E-state index in [0.29, 0.717) is 5.56 Å². The molecule has 0 aliphatic heterocycles. The molecule has 1 amide bonds. The van der Waals surface area contributed by atoms with Crippen LogP contribution in [0, 0.1) is 6.92 Å². The molecule has 0 radical (unpaired) electrons. The highest BCUT2D eigenvalue weighted by atomic mass is 79.9. The van der Waals surface area contributed by atoms with Crippen LogP contribution < -0.4 is 10.5 Å². The molecule has 0 fully saturated rings. The van der Waals surface area contributed by atoms with Crippen LogP contribution in [-0.2, 0) is 10.0 Å². The van der Waals surface area contributed by atoms with Gasteiger partial charge in [-0.25, -0.2) is 13.6 Å². The predicted molar refractivity (Wildman–Crippen MR) is 84.6 cm³/mol. The van der Waals surface area contributed by atoms with Crippen molar-refractivity contribution >= 4 is 37.5 Å². The maximum absolute atomic E-state index is 12.2. The third-order valence-corrected chi connectivity index (χ3v) is 4.17. The number of halogens is 1. The van der Waals surface area contributed by atoms with Gasteiger partial charge in [0.25, 0.3) is 5.91 Å². The quantitative estimate of drug-likeness (QED) is 0.872. The molecule has 3 N–H and O–H groups in total. The Labute approximate surface area is 131 Å². The number of aryl methyl sites for hydroxylation is 1. The molecule has 0 saturated carbocycles. The number of nitrogens with one attached hydrogen (secondary N) is 1. The Hall–Kier alpha value is -1.70. The lowest BCUT2D eigenvalue weighted by molar-refractivity contribution is 0.102. The van der Waals surface area contributed by atoms with Crippen molar-refractivity contribution in [2.24, 2.45) is 5.14 Å². The van der Waals surface area contributed by atoms with Crippen LogP contribution in [0.4, 0.5) is 5.69 Å². The molecule has 0 spiro atoms. The summed E-state index contributed by atoms with van der Waals surface area (Å²) in [5.74, 6) is -0.407. The Morgan fingerprint density at radius 3 is 2.48 bits per heavy atom. The second-order valence-corrected chi connectivity index (χ2v) is 6.96. The number of rotatable bonds is 3. The van der Waals surface area contributed by atoms with Crippen molar-refractivity contribution in [3.63, 3.8) is 0 Å². The molecular formula is C14H13BrN2O3S. The standard InChI is InChI=1S/C14H13BrN2O3S/c1-9-6-10(8-11(15)7-9)14(18)17-12-4-2-3-5-13(12)21(16,19)20/h2-8H,1H3,(H,17,18)(H2,16,19,20). The van der Waals surface area contributed by atoms with Gasteiger partial charge in [0.15, 0.2) is 0 Å². The number of carbonyl (C=O) groups excluding carboxylic acids is 1. The van der Waals surface area contributed by atoms with Gasteiger partial charge in [-0.3, -0.25) is 4.79 Å². The number of sulfonamides is 1. The first kappa shape index (κ1) is 15.7. The second-order valence-electron chi connectivity index (χ2n) is 4.51. The predicted octanol–water partition coefficient (Wildman–Crippen LogP) is 2.66. The Morgan fingerprint density at radius 2 is 1.86 bits per heavy atom. The number of primary sulfonamides is 1. The molecule has 0 heterocycles. The van der Waals surface area contributed by atoms with Crippen LogP contribution in [0.1, 0.15) is 15.9 Å². The average molecular weight is 369 g/mol. The maximum atomic E-state index is 12.2. The van der Waals surface area contributed by atoms with Gasteiger partial charge in [-0.2, -0.15) is 0 Å². The smallest absolute Gasteiger partial charge is 0.255 e.